The van der Waals surface area contributed by atoms with Gasteiger partial charge >= 0.3 is 5.97 Å². The van der Waals surface area contributed by atoms with Crippen molar-refractivity contribution < 1.29 is 82.0 Å². The van der Waals surface area contributed by atoms with Crippen LogP contribution in [-0.2, 0) is 92.1 Å². The Bertz CT molecular complexity index is 6550. The van der Waals surface area contributed by atoms with Crippen molar-refractivity contribution >= 4 is 699 Å². The first-order chi connectivity index (χ1) is 63.6. The number of carbonyl (C=O) groups is 2. The number of carbonyl (C=O) groups excluding carboxylic acids is 1. The van der Waals surface area contributed by atoms with Gasteiger partial charge in [0.2, 0.25) is 79.9 Å². The Kier molecular flexibility index (Phi) is 68.0. The number of hydrogen-bond donors (Lipinski definition) is 2. The van der Waals surface area contributed by atoms with Gasteiger partial charge in [0.25, 0.3) is 11.1 Å². The van der Waals surface area contributed by atoms with E-state index in [4.69, 9.17) is 5.11 Å². The van der Waals surface area contributed by atoms with Gasteiger partial charge < -0.3 is 10.4 Å². The number of carboxylic acid groups (broad SMARTS) is 1. The molecule has 143 heavy (non-hydrogen) atoms. The van der Waals surface area contributed by atoms with Crippen LogP contribution in [-0.4, -0.2) is 155 Å². The van der Waals surface area contributed by atoms with E-state index in [0.717, 1.165) is 23.1 Å². The van der Waals surface area contributed by atoms with Gasteiger partial charge in [-0.3, -0.25) is 19.1 Å². The van der Waals surface area contributed by atoms with Crippen LogP contribution in [0.25, 0.3) is 5.69 Å². The number of aliphatic carboxylic acids is 1. The van der Waals surface area contributed by atoms with Crippen LogP contribution >= 0.6 is 608 Å². The van der Waals surface area contributed by atoms with E-state index in [1.54, 1.807) is 179 Å². The van der Waals surface area contributed by atoms with Crippen molar-refractivity contribution in [3.63, 3.8) is 0 Å². The number of rotatable bonds is 14. The van der Waals surface area contributed by atoms with Crippen molar-refractivity contribution in [2.45, 2.75) is 91.8 Å². The third-order valence-electron chi connectivity index (χ3n) is 14.2. The lowest BCUT2D eigenvalue weighted by molar-refractivity contribution is -0.135. The molecule has 0 bridgehead atoms. The summed E-state index contributed by atoms with van der Waals surface area (Å²) >= 11 is 105. The van der Waals surface area contributed by atoms with E-state index < -0.39 is 118 Å². The molecule has 75 heteroatoms. The molecule has 0 aliphatic heterocycles. The molecule has 5 aromatic heterocycles. The third kappa shape index (κ3) is 50.2. The molecule has 0 saturated carbocycles. The van der Waals surface area contributed by atoms with E-state index in [1.165, 1.54) is 35.0 Å². The molecular formula is C68H53Br31ClI4N11O19S9. The Morgan fingerprint density at radius 3 is 1.06 bits per heavy atom. The van der Waals surface area contributed by atoms with Gasteiger partial charge in [0.05, 0.1) is 30.0 Å². The zero-order valence-electron chi connectivity index (χ0n) is 69.3. The van der Waals surface area contributed by atoms with Crippen LogP contribution in [0.1, 0.15) is 65.1 Å². The largest absolute Gasteiger partial charge is 0.480 e. The lowest BCUT2D eigenvalue weighted by Crippen LogP contribution is -2.36. The number of aryl methyl sites for hydroxylation is 2. The highest BCUT2D eigenvalue weighted by Gasteiger charge is 2.47. The first-order valence-electron chi connectivity index (χ1n) is 34.7. The van der Waals surface area contributed by atoms with E-state index in [1.807, 2.05) is 104 Å². The zero-order chi connectivity index (χ0) is 111. The third-order valence-corrected chi connectivity index (χ3v) is 63.8. The van der Waals surface area contributed by atoms with E-state index in [-0.39, 0.29) is 44.4 Å². The number of amides is 1. The topological polar surface area (TPSA) is 460 Å². The number of nitrogens with zero attached hydrogens (tertiary/aromatic N) is 10. The Balaban J connectivity index is 0.00000158. The zero-order valence-corrected chi connectivity index (χ0v) is 135. The lowest BCUT2D eigenvalue weighted by atomic mass is 10.2. The van der Waals surface area contributed by atoms with Crippen LogP contribution < -0.4 is 5.32 Å². The number of pyridine rings is 2. The van der Waals surface area contributed by atoms with E-state index >= 15 is 0 Å². The number of hydrogen-bond acceptors (Lipinski definition) is 28. The second-order valence-electron chi connectivity index (χ2n) is 25.6. The van der Waals surface area contributed by atoms with Crippen molar-refractivity contribution in [1.82, 2.24) is 55.2 Å². The maximum Gasteiger partial charge on any atom is 0.322 e. The Morgan fingerprint density at radius 1 is 0.399 bits per heavy atom. The van der Waals surface area contributed by atoms with Crippen LogP contribution in [0.2, 0.25) is 0 Å². The maximum absolute atomic E-state index is 12.4. The summed E-state index contributed by atoms with van der Waals surface area (Å²) < 4.78 is 177. The fourth-order valence-corrected chi connectivity index (χ4v) is 33.8. The minimum Gasteiger partial charge on any atom is -0.480 e. The first kappa shape index (κ1) is 152. The molecule has 0 saturated heterocycles. The average Bonchev–Trinajstić information content (AvgIpc) is 1.65. The summed E-state index contributed by atoms with van der Waals surface area (Å²) in [6.45, 7) is 7.75. The van der Waals surface area contributed by atoms with E-state index in [0.29, 0.717) is 43.8 Å². The van der Waals surface area contributed by atoms with Crippen LogP contribution in [0.4, 0.5) is 0 Å². The predicted octanol–water partition coefficient (Wildman–Crippen LogP) is 33.0. The highest BCUT2D eigenvalue weighted by atomic mass is 127. The second kappa shape index (κ2) is 64.0. The molecule has 0 atom stereocenters. The smallest absolute Gasteiger partial charge is 0.322 e. The quantitative estimate of drug-likeness (QED) is 0.0754. The Morgan fingerprint density at radius 2 is 0.762 bits per heavy atom. The summed E-state index contributed by atoms with van der Waals surface area (Å²) in [5.41, 5.74) is 1.62. The van der Waals surface area contributed by atoms with Crippen molar-refractivity contribution in [3.05, 3.63) is 234 Å². The van der Waals surface area contributed by atoms with Crippen molar-refractivity contribution in [2.24, 2.45) is 0 Å². The van der Waals surface area contributed by atoms with Gasteiger partial charge in [0.15, 0.2) is 44.0 Å². The van der Waals surface area contributed by atoms with Gasteiger partial charge in [-0.25, -0.2) is 87.3 Å². The SMILES string of the molecule is BrC(Br)(Br)c1ccccn1.BrC(Br)(Br)c1nc(C(Br)(Br)Br)nc(C(Br)(Br)Br)n1.CC(C)(C)S(=O)(=O)C(Br)(Br)Br.Cc1nnc(S(=O)(=O)C(Br)(Br)Br)n1-c1ccccc1.Cc1nnc(S(=O)(=O)C(Br)(Br)Br)s1.Cl.O=C(O)CNC(=O)c1cccc(S(=O)(=O)C(Br)(Br)Br)c1.O=S(=O)(c1ccccc1)C(Br)(Br)I.O=S(=O)(c1ccccc1)C(Br)Br.O=S(=O)(c1ccccc1)C(I)(I)I.O=S(=O)(c1ccccn1)C(Br)(Br)Br. The summed E-state index contributed by atoms with van der Waals surface area (Å²) in [6, 6.07) is 49.7. The van der Waals surface area contributed by atoms with E-state index in [9.17, 15) is 76.9 Å². The molecule has 2 N–H and O–H groups in total. The summed E-state index contributed by atoms with van der Waals surface area (Å²) in [5, 5.41) is 25.9. The van der Waals surface area contributed by atoms with Crippen molar-refractivity contribution in [1.29, 1.82) is 0 Å². The van der Waals surface area contributed by atoms with Gasteiger partial charge in [-0.05, 0) is 487 Å². The molecule has 0 fully saturated rings. The molecule has 10 aromatic rings. The standard InChI is InChI=1S/C10H8Br3N3O2S.C10H8Br3NO5S.C7H5Br2IO2S.C7H6Br2O2S.C7H5I3O2S.C6Br9N3.C6H4Br3NO2S.C6H4Br3N.C5H9Br3O2S.C4H3Br3N2O2S2.ClH/c1-7-14-15-9(19(17,18)10(11,12)13)16(7)8-5-3-2-4-6-8;11-10(12,13)20(18,19)7-3-1-2-6(4-7)9(17)14-5-8(15)16;8-7(9,10)13(11,12)6-4-2-1-3-5-6;8-7(9)12(10,11)6-4-2-1-3-5-6;8-7(9,10)13(11,12)6-4-2-1-3-5-6;7-4(8,9)1-16-2(5(10,11)12)18-3(17-1)6(13,14)15;7-6(8,9)13(11,12)5-3-1-2-4-10-5;7-6(8,9)5-3-1-2-4-10-5;1-4(2,3)11(9,10)5(6,7)8;1-2-8-9-3(12-2)13(10,11)4(5,6)7;/h2-6H,1H3;1-4H,5H2,(H,14,17)(H,15,16);1-5H;1-5,7H;1-5H;;1-4H;1-4H;1-3H3;1H3;1H. The molecule has 30 nitrogen and oxygen atoms in total. The number of sulfone groups is 8. The summed E-state index contributed by atoms with van der Waals surface area (Å²) in [5.74, 6) is -0.0216. The Labute approximate surface area is 1150 Å². The van der Waals surface area contributed by atoms with Gasteiger partial charge in [-0.1, -0.05) is 325 Å². The van der Waals surface area contributed by atoms with Crippen molar-refractivity contribution in [2.75, 3.05) is 6.54 Å². The van der Waals surface area contributed by atoms with Gasteiger partial charge in [-0.15, -0.1) is 32.8 Å². The molecule has 800 valence electrons. The highest BCUT2D eigenvalue weighted by Crippen LogP contribution is 2.53. The number of nitrogens with one attached hydrogen (secondary N) is 1. The molecule has 10 rings (SSSR count). The first-order valence-corrected chi connectivity index (χ1v) is 76.6. The minimum atomic E-state index is -3.81. The molecule has 5 aromatic carbocycles. The predicted molar refractivity (Wildman–Crippen MR) is 713 cm³/mol. The normalized spacial score (nSPS) is 12.8. The molecule has 0 radical (unpaired) electrons. The number of halogens is 36. The van der Waals surface area contributed by atoms with Crippen LogP contribution in [0, 0.1) is 13.8 Å². The monoisotopic (exact) mass is 4600 g/mol. The number of carboxylic acids is 1. The van der Waals surface area contributed by atoms with Crippen LogP contribution in [0.3, 0.4) is 0 Å². The van der Waals surface area contributed by atoms with Crippen LogP contribution in [0.15, 0.2) is 228 Å². The molecule has 0 aliphatic rings. The second-order valence-corrected chi connectivity index (χ2v) is 140. The molecule has 0 unspecified atom stereocenters. The average molecular weight is 4640 g/mol. The maximum atomic E-state index is 12.4. The van der Waals surface area contributed by atoms with Crippen LogP contribution in [0.5, 0.6) is 0 Å². The fourth-order valence-electron chi connectivity index (χ4n) is 7.61. The number of alkyl halides is 35. The molecule has 0 aliphatic carbocycles. The van der Waals surface area contributed by atoms with Gasteiger partial charge in [0.1, 0.15) is 17.4 Å². The summed E-state index contributed by atoms with van der Waals surface area (Å²) in [7, 11) is -27.8. The van der Waals surface area contributed by atoms with Crippen molar-refractivity contribution in [3.8, 4) is 5.69 Å². The van der Waals surface area contributed by atoms with Gasteiger partial charge in [0, 0.05) is 23.6 Å². The molecule has 1 amide bonds. The molecule has 5 heterocycles. The molecular weight excluding hydrogens is 4580 g/mol. The summed E-state index contributed by atoms with van der Waals surface area (Å²) in [4.78, 5) is 43.7. The number of benzene rings is 5. The Hall–Kier alpha value is 8.74. The molecule has 0 spiro atoms. The fraction of sp³-hybridized carbons (Fsp3) is 0.279. The number of aromatic nitrogens is 10. The van der Waals surface area contributed by atoms with E-state index in [2.05, 4.69) is 544 Å². The minimum absolute atomic E-state index is 0. The lowest BCUT2D eigenvalue weighted by Gasteiger charge is -2.25. The highest BCUT2D eigenvalue weighted by molar-refractivity contribution is 14.3. The summed E-state index contributed by atoms with van der Waals surface area (Å²) in [6.07, 6.45) is 3.17. The van der Waals surface area contributed by atoms with Gasteiger partial charge in [-0.2, -0.15) is 0 Å². The number of para-hydroxylation sites is 1.